The molecule has 0 aliphatic carbocycles. The van der Waals surface area contributed by atoms with Gasteiger partial charge < -0.3 is 19.8 Å². The van der Waals surface area contributed by atoms with Gasteiger partial charge in [-0.1, -0.05) is 0 Å². The molecule has 200 valence electrons. The van der Waals surface area contributed by atoms with Crippen LogP contribution < -0.4 is 10.6 Å². The Morgan fingerprint density at radius 2 is 1.12 bits per heavy atom. The average molecular weight is 539 g/mol. The molecule has 0 saturated carbocycles. The summed E-state index contributed by atoms with van der Waals surface area (Å²) in [7, 11) is 3.97. The van der Waals surface area contributed by atoms with E-state index in [-0.39, 0.29) is 11.8 Å². The molecule has 0 bridgehead atoms. The van der Waals surface area contributed by atoms with Crippen molar-refractivity contribution in [1.29, 1.82) is 0 Å². The van der Waals surface area contributed by atoms with Crippen LogP contribution in [0.3, 0.4) is 0 Å². The molecule has 3 heterocycles. The first kappa shape index (κ1) is 24.4. The fourth-order valence-corrected chi connectivity index (χ4v) is 5.25. The monoisotopic (exact) mass is 538 g/mol. The van der Waals surface area contributed by atoms with Crippen LogP contribution in [-0.2, 0) is 14.1 Å². The standard InChI is InChI=1S/C33H26N6O2/c1-37-15-13-21-17-23(3-10-29(21)37)32(40)35-26-5-8-28(9-6-26)39-31-12-7-27(19-25(31)20-34-39)36-33(41)24-4-11-30-22(18-24)14-16-38(30)2/h3-20H,1-2H3,(H,35,40)(H,36,41). The van der Waals surface area contributed by atoms with Gasteiger partial charge in [0.1, 0.15) is 0 Å². The molecule has 0 saturated heterocycles. The highest BCUT2D eigenvalue weighted by atomic mass is 16.2. The van der Waals surface area contributed by atoms with Gasteiger partial charge in [-0.25, -0.2) is 4.68 Å². The van der Waals surface area contributed by atoms with E-state index in [0.717, 1.165) is 38.4 Å². The van der Waals surface area contributed by atoms with Crippen LogP contribution in [0.2, 0.25) is 0 Å². The Morgan fingerprint density at radius 1 is 0.585 bits per heavy atom. The summed E-state index contributed by atoms with van der Waals surface area (Å²) in [5.74, 6) is -0.324. The third kappa shape index (κ3) is 4.41. The van der Waals surface area contributed by atoms with Crippen molar-refractivity contribution in [3.63, 3.8) is 0 Å². The molecule has 41 heavy (non-hydrogen) atoms. The van der Waals surface area contributed by atoms with E-state index in [4.69, 9.17) is 0 Å². The van der Waals surface area contributed by atoms with Gasteiger partial charge in [0.05, 0.1) is 17.4 Å². The number of nitrogens with one attached hydrogen (secondary N) is 2. The number of hydrogen-bond acceptors (Lipinski definition) is 3. The smallest absolute Gasteiger partial charge is 0.255 e. The number of rotatable bonds is 5. The van der Waals surface area contributed by atoms with E-state index in [0.29, 0.717) is 22.5 Å². The van der Waals surface area contributed by atoms with Crippen molar-refractivity contribution in [2.24, 2.45) is 14.1 Å². The maximum atomic E-state index is 12.9. The summed E-state index contributed by atoms with van der Waals surface area (Å²) in [5.41, 5.74) is 6.52. The third-order valence-electron chi connectivity index (χ3n) is 7.49. The predicted molar refractivity (Wildman–Crippen MR) is 163 cm³/mol. The largest absolute Gasteiger partial charge is 0.351 e. The number of anilines is 2. The molecule has 0 fully saturated rings. The molecule has 7 aromatic rings. The van der Waals surface area contributed by atoms with Gasteiger partial charge in [-0.3, -0.25) is 9.59 Å². The lowest BCUT2D eigenvalue weighted by Gasteiger charge is -2.09. The van der Waals surface area contributed by atoms with Gasteiger partial charge in [-0.2, -0.15) is 5.10 Å². The molecule has 0 unspecified atom stereocenters. The highest BCUT2D eigenvalue weighted by Gasteiger charge is 2.12. The van der Waals surface area contributed by atoms with Gasteiger partial charge in [0.25, 0.3) is 11.8 Å². The van der Waals surface area contributed by atoms with Gasteiger partial charge in [0.2, 0.25) is 0 Å². The molecule has 3 aromatic heterocycles. The van der Waals surface area contributed by atoms with Crippen LogP contribution in [-0.4, -0.2) is 30.7 Å². The zero-order chi connectivity index (χ0) is 28.1. The molecule has 0 aliphatic rings. The number of fused-ring (bicyclic) bond motifs is 3. The highest BCUT2D eigenvalue weighted by Crippen LogP contribution is 2.25. The molecule has 4 aromatic carbocycles. The molecule has 2 N–H and O–H groups in total. The number of amides is 2. The van der Waals surface area contributed by atoms with Crippen molar-refractivity contribution in [2.75, 3.05) is 10.6 Å². The summed E-state index contributed by atoms with van der Waals surface area (Å²) in [6, 6.07) is 28.6. The fourth-order valence-electron chi connectivity index (χ4n) is 5.25. The molecule has 8 nitrogen and oxygen atoms in total. The summed E-state index contributed by atoms with van der Waals surface area (Å²) in [5, 5.41) is 13.5. The number of aryl methyl sites for hydroxylation is 2. The van der Waals surface area contributed by atoms with E-state index in [9.17, 15) is 9.59 Å². The van der Waals surface area contributed by atoms with Crippen molar-refractivity contribution in [3.05, 3.63) is 121 Å². The zero-order valence-electron chi connectivity index (χ0n) is 22.5. The zero-order valence-corrected chi connectivity index (χ0v) is 22.5. The van der Waals surface area contributed by atoms with Gasteiger partial charge in [0, 0.05) is 76.2 Å². The Balaban J connectivity index is 1.06. The summed E-state index contributed by atoms with van der Waals surface area (Å²) in [6.45, 7) is 0. The van der Waals surface area contributed by atoms with E-state index >= 15 is 0 Å². The molecular formula is C33H26N6O2. The molecule has 0 aliphatic heterocycles. The molecular weight excluding hydrogens is 512 g/mol. The molecule has 0 radical (unpaired) electrons. The minimum Gasteiger partial charge on any atom is -0.351 e. The van der Waals surface area contributed by atoms with Gasteiger partial charge >= 0.3 is 0 Å². The summed E-state index contributed by atoms with van der Waals surface area (Å²) in [6.07, 6.45) is 5.73. The third-order valence-corrected chi connectivity index (χ3v) is 7.49. The SMILES string of the molecule is Cn1ccc2cc(C(=O)Nc3ccc(-n4ncc5cc(NC(=O)c6ccc7c(ccn7C)c6)ccc54)cc3)ccc21. The van der Waals surface area contributed by atoms with E-state index in [2.05, 4.69) is 15.7 Å². The lowest BCUT2D eigenvalue weighted by molar-refractivity contribution is 0.101. The summed E-state index contributed by atoms with van der Waals surface area (Å²) >= 11 is 0. The number of carbonyl (C=O) groups excluding carboxylic acids is 2. The highest BCUT2D eigenvalue weighted by molar-refractivity contribution is 6.07. The quantitative estimate of drug-likeness (QED) is 0.262. The Bertz CT molecular complexity index is 2110. The van der Waals surface area contributed by atoms with Crippen LogP contribution >= 0.6 is 0 Å². The number of carbonyl (C=O) groups is 2. The summed E-state index contributed by atoms with van der Waals surface area (Å²) in [4.78, 5) is 25.8. The fraction of sp³-hybridized carbons (Fsp3) is 0.0606. The van der Waals surface area contributed by atoms with Crippen molar-refractivity contribution in [1.82, 2.24) is 18.9 Å². The lowest BCUT2D eigenvalue weighted by atomic mass is 10.1. The molecule has 0 spiro atoms. The van der Waals surface area contributed by atoms with Crippen molar-refractivity contribution in [2.45, 2.75) is 0 Å². The second-order valence-corrected chi connectivity index (χ2v) is 10.2. The Kier molecular flexibility index (Phi) is 5.67. The van der Waals surface area contributed by atoms with E-state index < -0.39 is 0 Å². The number of hydrogen-bond donors (Lipinski definition) is 2. The molecule has 2 amide bonds. The first-order chi connectivity index (χ1) is 19.9. The van der Waals surface area contributed by atoms with Crippen LogP contribution in [0, 0.1) is 0 Å². The Morgan fingerprint density at radius 3 is 1.73 bits per heavy atom. The lowest BCUT2D eigenvalue weighted by Crippen LogP contribution is -2.12. The topological polar surface area (TPSA) is 85.9 Å². The van der Waals surface area contributed by atoms with Crippen LogP contribution in [0.1, 0.15) is 20.7 Å². The minimum absolute atomic E-state index is 0.161. The number of benzene rings is 4. The van der Waals surface area contributed by atoms with E-state index in [1.54, 1.807) is 6.20 Å². The van der Waals surface area contributed by atoms with Crippen molar-refractivity contribution < 1.29 is 9.59 Å². The van der Waals surface area contributed by atoms with Crippen LogP contribution in [0.25, 0.3) is 38.4 Å². The molecule has 8 heteroatoms. The maximum absolute atomic E-state index is 12.9. The average Bonchev–Trinajstić information content (AvgIpc) is 3.69. The molecule has 7 rings (SSSR count). The first-order valence-electron chi connectivity index (χ1n) is 13.2. The van der Waals surface area contributed by atoms with Crippen molar-refractivity contribution in [3.8, 4) is 5.69 Å². The van der Waals surface area contributed by atoms with E-state index in [1.807, 2.05) is 131 Å². The second kappa shape index (κ2) is 9.53. The number of nitrogens with zero attached hydrogens (tertiary/aromatic N) is 4. The first-order valence-corrected chi connectivity index (χ1v) is 13.2. The van der Waals surface area contributed by atoms with Gasteiger partial charge in [0.15, 0.2) is 0 Å². The summed E-state index contributed by atoms with van der Waals surface area (Å²) < 4.78 is 5.88. The Labute approximate surface area is 235 Å². The number of aromatic nitrogens is 4. The van der Waals surface area contributed by atoms with Crippen LogP contribution in [0.4, 0.5) is 11.4 Å². The second-order valence-electron chi connectivity index (χ2n) is 10.2. The normalized spacial score (nSPS) is 11.4. The molecule has 0 atom stereocenters. The Hall–Kier alpha value is -5.63. The minimum atomic E-state index is -0.163. The predicted octanol–water partition coefficient (Wildman–Crippen LogP) is 6.51. The van der Waals surface area contributed by atoms with Gasteiger partial charge in [-0.05, 0) is 91.0 Å². The maximum Gasteiger partial charge on any atom is 0.255 e. The van der Waals surface area contributed by atoms with Gasteiger partial charge in [-0.15, -0.1) is 0 Å². The van der Waals surface area contributed by atoms with E-state index in [1.165, 1.54) is 0 Å². The van der Waals surface area contributed by atoms with Crippen LogP contribution in [0.5, 0.6) is 0 Å². The van der Waals surface area contributed by atoms with Crippen molar-refractivity contribution >= 4 is 55.9 Å². The van der Waals surface area contributed by atoms with Crippen LogP contribution in [0.15, 0.2) is 110 Å².